The number of nitrogens with one attached hydrogen (secondary N) is 1. The lowest BCUT2D eigenvalue weighted by atomic mass is 10.0. The van der Waals surface area contributed by atoms with Crippen molar-refractivity contribution in [3.05, 3.63) is 11.9 Å². The minimum Gasteiger partial charge on any atom is -0.383 e. The third-order valence-corrected chi connectivity index (χ3v) is 3.25. The van der Waals surface area contributed by atoms with Crippen LogP contribution in [0.1, 0.15) is 31.7 Å². The van der Waals surface area contributed by atoms with Gasteiger partial charge in [0.25, 0.3) is 0 Å². The number of sulfonamides is 1. The van der Waals surface area contributed by atoms with Crippen molar-refractivity contribution in [1.29, 1.82) is 0 Å². The van der Waals surface area contributed by atoms with Gasteiger partial charge in [0.05, 0.1) is 5.75 Å². The van der Waals surface area contributed by atoms with E-state index < -0.39 is 10.0 Å². The van der Waals surface area contributed by atoms with Gasteiger partial charge in [-0.25, -0.2) is 23.5 Å². The number of primary sulfonamides is 1. The molecule has 0 aromatic carbocycles. The fraction of sp³-hybridized carbons (Fsp3) is 0.600. The summed E-state index contributed by atoms with van der Waals surface area (Å²) in [6, 6.07) is 0. The van der Waals surface area contributed by atoms with E-state index in [2.05, 4.69) is 15.3 Å². The minimum absolute atomic E-state index is 0.0580. The normalized spacial score (nSPS) is 11.8. The minimum atomic E-state index is -3.41. The molecule has 1 rings (SSSR count). The van der Waals surface area contributed by atoms with E-state index in [1.807, 2.05) is 13.8 Å². The van der Waals surface area contributed by atoms with E-state index >= 15 is 0 Å². The predicted molar refractivity (Wildman–Crippen MR) is 71.6 cm³/mol. The van der Waals surface area contributed by atoms with Crippen LogP contribution in [0.4, 0.5) is 11.6 Å². The van der Waals surface area contributed by atoms with Gasteiger partial charge in [0.15, 0.2) is 0 Å². The molecule has 0 radical (unpaired) electrons. The third kappa shape index (κ3) is 4.46. The van der Waals surface area contributed by atoms with Crippen molar-refractivity contribution in [3.8, 4) is 0 Å². The Morgan fingerprint density at radius 3 is 2.61 bits per heavy atom. The van der Waals surface area contributed by atoms with Crippen LogP contribution in [0.15, 0.2) is 6.33 Å². The summed E-state index contributed by atoms with van der Waals surface area (Å²) in [4.78, 5) is 8.05. The topological polar surface area (TPSA) is 124 Å². The molecule has 0 amide bonds. The van der Waals surface area contributed by atoms with Crippen molar-refractivity contribution >= 4 is 21.7 Å². The summed E-state index contributed by atoms with van der Waals surface area (Å²) in [5, 5.41) is 7.97. The zero-order valence-electron chi connectivity index (χ0n) is 10.5. The number of hydrogen-bond donors (Lipinski definition) is 3. The fourth-order valence-corrected chi connectivity index (χ4v) is 2.15. The Hall–Kier alpha value is -1.41. The molecule has 0 aliphatic carbocycles. The third-order valence-electron chi connectivity index (χ3n) is 2.39. The van der Waals surface area contributed by atoms with Crippen molar-refractivity contribution in [1.82, 2.24) is 9.97 Å². The molecule has 0 bridgehead atoms. The zero-order chi connectivity index (χ0) is 13.8. The first kappa shape index (κ1) is 14.7. The van der Waals surface area contributed by atoms with E-state index in [4.69, 9.17) is 10.9 Å². The molecule has 7 nitrogen and oxygen atoms in total. The van der Waals surface area contributed by atoms with Crippen LogP contribution < -0.4 is 16.2 Å². The molecule has 0 aliphatic heterocycles. The molecule has 0 aliphatic rings. The van der Waals surface area contributed by atoms with Crippen LogP contribution in [-0.4, -0.2) is 30.7 Å². The molecule has 0 saturated heterocycles. The molecule has 5 N–H and O–H groups in total. The first-order valence-corrected chi connectivity index (χ1v) is 7.37. The van der Waals surface area contributed by atoms with Gasteiger partial charge in [-0.1, -0.05) is 13.8 Å². The molecule has 0 spiro atoms. The average molecular weight is 273 g/mol. The number of rotatable bonds is 6. The summed E-state index contributed by atoms with van der Waals surface area (Å²) in [6.07, 6.45) is 1.80. The fourth-order valence-electron chi connectivity index (χ4n) is 1.60. The molecule has 102 valence electrons. The largest absolute Gasteiger partial charge is 0.383 e. The standard InChI is InChI=1S/C10H19N5O2S/c1-7(2)8-9(11)14-6-15-10(8)13-4-3-5-18(12,16)17/h6-7H,3-5H2,1-2H3,(H2,12,16,17)(H3,11,13,14,15). The molecule has 18 heavy (non-hydrogen) atoms. The SMILES string of the molecule is CC(C)c1c(N)ncnc1NCCCS(N)(=O)=O. The molecule has 1 aromatic heterocycles. The second-order valence-electron chi connectivity index (χ2n) is 4.32. The lowest BCUT2D eigenvalue weighted by Gasteiger charge is -2.14. The highest BCUT2D eigenvalue weighted by molar-refractivity contribution is 7.89. The van der Waals surface area contributed by atoms with Crippen LogP contribution in [0.25, 0.3) is 0 Å². The monoisotopic (exact) mass is 273 g/mol. The molecule has 0 fully saturated rings. The van der Waals surface area contributed by atoms with E-state index in [1.165, 1.54) is 6.33 Å². The summed E-state index contributed by atoms with van der Waals surface area (Å²) in [5.41, 5.74) is 6.63. The van der Waals surface area contributed by atoms with Gasteiger partial charge >= 0.3 is 0 Å². The van der Waals surface area contributed by atoms with Gasteiger partial charge in [-0.3, -0.25) is 0 Å². The highest BCUT2D eigenvalue weighted by Crippen LogP contribution is 2.25. The van der Waals surface area contributed by atoms with Crippen LogP contribution in [0, 0.1) is 0 Å². The number of nitrogens with two attached hydrogens (primary N) is 2. The Morgan fingerprint density at radius 2 is 2.06 bits per heavy atom. The lowest BCUT2D eigenvalue weighted by Crippen LogP contribution is -2.19. The Balaban J connectivity index is 2.65. The first-order valence-electron chi connectivity index (χ1n) is 5.66. The molecule has 0 saturated carbocycles. The molecule has 1 aromatic rings. The zero-order valence-corrected chi connectivity index (χ0v) is 11.4. The molecular weight excluding hydrogens is 254 g/mol. The highest BCUT2D eigenvalue weighted by Gasteiger charge is 2.12. The van der Waals surface area contributed by atoms with Crippen molar-refractivity contribution in [2.24, 2.45) is 5.14 Å². The number of anilines is 2. The van der Waals surface area contributed by atoms with Crippen LogP contribution in [-0.2, 0) is 10.0 Å². The maximum absolute atomic E-state index is 10.8. The van der Waals surface area contributed by atoms with Gasteiger partial charge in [-0.05, 0) is 12.3 Å². The number of nitrogens with zero attached hydrogens (tertiary/aromatic N) is 2. The summed E-state index contributed by atoms with van der Waals surface area (Å²) in [7, 11) is -3.41. The van der Waals surface area contributed by atoms with Crippen LogP contribution in [0.5, 0.6) is 0 Å². The lowest BCUT2D eigenvalue weighted by molar-refractivity contribution is 0.595. The van der Waals surface area contributed by atoms with Crippen molar-refractivity contribution < 1.29 is 8.42 Å². The van der Waals surface area contributed by atoms with Crippen LogP contribution in [0.3, 0.4) is 0 Å². The molecule has 0 unspecified atom stereocenters. The first-order chi connectivity index (χ1) is 8.31. The van der Waals surface area contributed by atoms with E-state index in [0.717, 1.165) is 5.56 Å². The summed E-state index contributed by atoms with van der Waals surface area (Å²) in [5.74, 6) is 1.21. The Bertz CT molecular complexity index is 501. The average Bonchev–Trinajstić information content (AvgIpc) is 2.22. The quantitative estimate of drug-likeness (QED) is 0.639. The van der Waals surface area contributed by atoms with E-state index in [9.17, 15) is 8.42 Å². The van der Waals surface area contributed by atoms with Gasteiger partial charge < -0.3 is 11.1 Å². The van der Waals surface area contributed by atoms with Gasteiger partial charge in [0, 0.05) is 12.1 Å². The van der Waals surface area contributed by atoms with Crippen molar-refractivity contribution in [3.63, 3.8) is 0 Å². The predicted octanol–water partition coefficient (Wildman–Crippen LogP) is 0.273. The van der Waals surface area contributed by atoms with Gasteiger partial charge in [-0.2, -0.15) is 0 Å². The van der Waals surface area contributed by atoms with Gasteiger partial charge in [-0.15, -0.1) is 0 Å². The van der Waals surface area contributed by atoms with E-state index in [1.54, 1.807) is 0 Å². The smallest absolute Gasteiger partial charge is 0.209 e. The van der Waals surface area contributed by atoms with Gasteiger partial charge in [0.2, 0.25) is 10.0 Å². The van der Waals surface area contributed by atoms with Crippen LogP contribution >= 0.6 is 0 Å². The van der Waals surface area contributed by atoms with Crippen LogP contribution in [0.2, 0.25) is 0 Å². The number of aromatic nitrogens is 2. The van der Waals surface area contributed by atoms with E-state index in [-0.39, 0.29) is 11.7 Å². The number of nitrogen functional groups attached to an aromatic ring is 1. The summed E-state index contributed by atoms with van der Waals surface area (Å²) >= 11 is 0. The summed E-state index contributed by atoms with van der Waals surface area (Å²) in [6.45, 7) is 4.45. The molecule has 8 heteroatoms. The second kappa shape index (κ2) is 5.96. The Labute approximate surface area is 107 Å². The van der Waals surface area contributed by atoms with Crippen molar-refractivity contribution in [2.75, 3.05) is 23.3 Å². The highest BCUT2D eigenvalue weighted by atomic mass is 32.2. The molecule has 0 atom stereocenters. The maximum atomic E-state index is 10.8. The number of hydrogen-bond acceptors (Lipinski definition) is 6. The van der Waals surface area contributed by atoms with E-state index in [0.29, 0.717) is 24.6 Å². The Morgan fingerprint density at radius 1 is 1.39 bits per heavy atom. The summed E-state index contributed by atoms with van der Waals surface area (Å²) < 4.78 is 21.6. The molecular formula is C10H19N5O2S. The Kier molecular flexibility index (Phi) is 4.85. The molecule has 1 heterocycles. The van der Waals surface area contributed by atoms with Gasteiger partial charge in [0.1, 0.15) is 18.0 Å². The maximum Gasteiger partial charge on any atom is 0.209 e. The second-order valence-corrected chi connectivity index (χ2v) is 6.06. The van der Waals surface area contributed by atoms with Crippen molar-refractivity contribution in [2.45, 2.75) is 26.2 Å².